The Labute approximate surface area is 123 Å². The number of carbonyl (C=O) groups is 1. The van der Waals surface area contributed by atoms with Crippen molar-refractivity contribution < 1.29 is 14.3 Å². The zero-order chi connectivity index (χ0) is 15.1. The SMILES string of the molecule is CC(O)CNC(=O)CCCc1nnc(-c2ccccc2)o1. The second kappa shape index (κ2) is 7.54. The van der Waals surface area contributed by atoms with Crippen LogP contribution in [0.15, 0.2) is 34.7 Å². The number of hydrogen-bond donors (Lipinski definition) is 2. The minimum atomic E-state index is -0.529. The fourth-order valence-electron chi connectivity index (χ4n) is 1.80. The highest BCUT2D eigenvalue weighted by Gasteiger charge is 2.09. The molecule has 1 aromatic heterocycles. The molecule has 0 saturated carbocycles. The second-order valence-corrected chi connectivity index (χ2v) is 4.87. The molecule has 1 amide bonds. The first kappa shape index (κ1) is 15.2. The number of aryl methyl sites for hydroxylation is 1. The molecule has 1 heterocycles. The normalized spacial score (nSPS) is 12.1. The van der Waals surface area contributed by atoms with Gasteiger partial charge in [-0.25, -0.2) is 0 Å². The molecule has 1 atom stereocenters. The number of carbonyl (C=O) groups excluding carboxylic acids is 1. The number of nitrogens with one attached hydrogen (secondary N) is 1. The highest BCUT2D eigenvalue weighted by Crippen LogP contribution is 2.17. The predicted octanol–water partition coefficient (Wildman–Crippen LogP) is 1.56. The van der Waals surface area contributed by atoms with Gasteiger partial charge in [-0.2, -0.15) is 0 Å². The summed E-state index contributed by atoms with van der Waals surface area (Å²) in [4.78, 5) is 11.5. The van der Waals surface area contributed by atoms with Crippen molar-refractivity contribution in [1.29, 1.82) is 0 Å². The van der Waals surface area contributed by atoms with E-state index < -0.39 is 6.10 Å². The Morgan fingerprint density at radius 1 is 1.33 bits per heavy atom. The van der Waals surface area contributed by atoms with Gasteiger partial charge in [0.05, 0.1) is 6.10 Å². The maximum atomic E-state index is 11.5. The third-order valence-electron chi connectivity index (χ3n) is 2.88. The van der Waals surface area contributed by atoms with Gasteiger partial charge < -0.3 is 14.8 Å². The number of nitrogens with zero attached hydrogens (tertiary/aromatic N) is 2. The predicted molar refractivity (Wildman–Crippen MR) is 77.4 cm³/mol. The summed E-state index contributed by atoms with van der Waals surface area (Å²) in [5, 5.41) is 19.7. The third kappa shape index (κ3) is 5.00. The first-order valence-corrected chi connectivity index (χ1v) is 6.97. The van der Waals surface area contributed by atoms with Crippen LogP contribution in [0.5, 0.6) is 0 Å². The summed E-state index contributed by atoms with van der Waals surface area (Å²) >= 11 is 0. The lowest BCUT2D eigenvalue weighted by Crippen LogP contribution is -2.30. The third-order valence-corrected chi connectivity index (χ3v) is 2.88. The quantitative estimate of drug-likeness (QED) is 0.807. The standard InChI is InChI=1S/C15H19N3O3/c1-11(19)10-16-13(20)8-5-9-14-17-18-15(21-14)12-6-3-2-4-7-12/h2-4,6-7,11,19H,5,8-10H2,1H3,(H,16,20). The van der Waals surface area contributed by atoms with Crippen molar-refractivity contribution in [3.8, 4) is 11.5 Å². The van der Waals surface area contributed by atoms with E-state index in [1.807, 2.05) is 30.3 Å². The molecule has 0 radical (unpaired) electrons. The second-order valence-electron chi connectivity index (χ2n) is 4.87. The lowest BCUT2D eigenvalue weighted by atomic mass is 10.2. The molecule has 2 rings (SSSR count). The number of aliphatic hydroxyl groups excluding tert-OH is 1. The van der Waals surface area contributed by atoms with Crippen molar-refractivity contribution >= 4 is 5.91 Å². The Hall–Kier alpha value is -2.21. The van der Waals surface area contributed by atoms with Gasteiger partial charge in [-0.05, 0) is 25.5 Å². The summed E-state index contributed by atoms with van der Waals surface area (Å²) in [5.41, 5.74) is 0.880. The summed E-state index contributed by atoms with van der Waals surface area (Å²) in [7, 11) is 0. The van der Waals surface area contributed by atoms with E-state index in [0.717, 1.165) is 5.56 Å². The molecular formula is C15H19N3O3. The van der Waals surface area contributed by atoms with Crippen molar-refractivity contribution in [3.63, 3.8) is 0 Å². The van der Waals surface area contributed by atoms with Crippen molar-refractivity contribution in [3.05, 3.63) is 36.2 Å². The topological polar surface area (TPSA) is 88.2 Å². The lowest BCUT2D eigenvalue weighted by Gasteiger charge is -2.06. The van der Waals surface area contributed by atoms with E-state index in [9.17, 15) is 4.79 Å². The van der Waals surface area contributed by atoms with Crippen LogP contribution in [0.4, 0.5) is 0 Å². The number of benzene rings is 1. The first-order valence-electron chi connectivity index (χ1n) is 6.97. The number of aliphatic hydroxyl groups is 1. The Morgan fingerprint density at radius 2 is 2.10 bits per heavy atom. The minimum Gasteiger partial charge on any atom is -0.421 e. The summed E-state index contributed by atoms with van der Waals surface area (Å²) in [5.74, 6) is 0.931. The Morgan fingerprint density at radius 3 is 2.81 bits per heavy atom. The molecule has 0 aliphatic carbocycles. The average molecular weight is 289 g/mol. The Balaban J connectivity index is 1.77. The van der Waals surface area contributed by atoms with Crippen LogP contribution in [-0.2, 0) is 11.2 Å². The van der Waals surface area contributed by atoms with E-state index in [-0.39, 0.29) is 12.5 Å². The van der Waals surface area contributed by atoms with Crippen LogP contribution in [0, 0.1) is 0 Å². The van der Waals surface area contributed by atoms with Gasteiger partial charge in [-0.15, -0.1) is 10.2 Å². The maximum absolute atomic E-state index is 11.5. The van der Waals surface area contributed by atoms with E-state index in [2.05, 4.69) is 15.5 Å². The van der Waals surface area contributed by atoms with Crippen molar-refractivity contribution in [1.82, 2.24) is 15.5 Å². The molecule has 0 aliphatic heterocycles. The molecule has 2 N–H and O–H groups in total. The summed E-state index contributed by atoms with van der Waals surface area (Å²) in [6.45, 7) is 1.90. The fourth-order valence-corrected chi connectivity index (χ4v) is 1.80. The molecule has 21 heavy (non-hydrogen) atoms. The Bertz CT molecular complexity index is 567. The molecule has 2 aromatic rings. The molecule has 0 saturated heterocycles. The average Bonchev–Trinajstić information content (AvgIpc) is 2.95. The summed E-state index contributed by atoms with van der Waals surface area (Å²) in [6.07, 6.45) is 1.03. The fraction of sp³-hybridized carbons (Fsp3) is 0.400. The number of rotatable bonds is 7. The van der Waals surface area contributed by atoms with Crippen molar-refractivity contribution in [2.24, 2.45) is 0 Å². The van der Waals surface area contributed by atoms with Crippen molar-refractivity contribution in [2.75, 3.05) is 6.54 Å². The van der Waals surface area contributed by atoms with E-state index in [1.54, 1.807) is 6.92 Å². The van der Waals surface area contributed by atoms with Crippen LogP contribution in [0.2, 0.25) is 0 Å². The molecule has 0 spiro atoms. The molecule has 6 nitrogen and oxygen atoms in total. The van der Waals surface area contributed by atoms with Gasteiger partial charge in [0.15, 0.2) is 0 Å². The van der Waals surface area contributed by atoms with Crippen molar-refractivity contribution in [2.45, 2.75) is 32.3 Å². The number of aromatic nitrogens is 2. The van der Waals surface area contributed by atoms with Gasteiger partial charge in [-0.1, -0.05) is 18.2 Å². The van der Waals surface area contributed by atoms with E-state index in [0.29, 0.717) is 31.0 Å². The zero-order valence-corrected chi connectivity index (χ0v) is 12.0. The summed E-state index contributed by atoms with van der Waals surface area (Å²) in [6, 6.07) is 9.55. The molecule has 1 unspecified atom stereocenters. The van der Waals surface area contributed by atoms with Crippen LogP contribution in [0.25, 0.3) is 11.5 Å². The first-order chi connectivity index (χ1) is 10.1. The highest BCUT2D eigenvalue weighted by molar-refractivity contribution is 5.75. The Kier molecular flexibility index (Phi) is 5.45. The highest BCUT2D eigenvalue weighted by atomic mass is 16.4. The van der Waals surface area contributed by atoms with Crippen LogP contribution in [-0.4, -0.2) is 33.9 Å². The van der Waals surface area contributed by atoms with Crippen LogP contribution in [0.3, 0.4) is 0 Å². The molecule has 6 heteroatoms. The van der Waals surface area contributed by atoms with E-state index >= 15 is 0 Å². The van der Waals surface area contributed by atoms with E-state index in [1.165, 1.54) is 0 Å². The van der Waals surface area contributed by atoms with Gasteiger partial charge >= 0.3 is 0 Å². The van der Waals surface area contributed by atoms with Crippen LogP contribution in [0.1, 0.15) is 25.7 Å². The van der Waals surface area contributed by atoms with Crippen LogP contribution >= 0.6 is 0 Å². The summed E-state index contributed by atoms with van der Waals surface area (Å²) < 4.78 is 5.56. The maximum Gasteiger partial charge on any atom is 0.247 e. The molecule has 0 bridgehead atoms. The number of amides is 1. The number of hydrogen-bond acceptors (Lipinski definition) is 5. The monoisotopic (exact) mass is 289 g/mol. The van der Waals surface area contributed by atoms with Gasteiger partial charge in [0.1, 0.15) is 0 Å². The molecule has 0 aliphatic rings. The van der Waals surface area contributed by atoms with Gasteiger partial charge in [0, 0.05) is 24.9 Å². The van der Waals surface area contributed by atoms with Gasteiger partial charge in [0.2, 0.25) is 17.7 Å². The minimum absolute atomic E-state index is 0.0845. The van der Waals surface area contributed by atoms with Gasteiger partial charge in [-0.3, -0.25) is 4.79 Å². The van der Waals surface area contributed by atoms with Crippen LogP contribution < -0.4 is 5.32 Å². The molecule has 112 valence electrons. The molecule has 1 aromatic carbocycles. The van der Waals surface area contributed by atoms with Gasteiger partial charge in [0.25, 0.3) is 0 Å². The largest absolute Gasteiger partial charge is 0.421 e. The lowest BCUT2D eigenvalue weighted by molar-refractivity contribution is -0.121. The smallest absolute Gasteiger partial charge is 0.247 e. The van der Waals surface area contributed by atoms with E-state index in [4.69, 9.17) is 9.52 Å². The molecule has 0 fully saturated rings. The zero-order valence-electron chi connectivity index (χ0n) is 12.0. The molecular weight excluding hydrogens is 270 g/mol.